The molecule has 2 aliphatic rings. The molecule has 4 nitrogen and oxygen atoms in total. The largest absolute Gasteiger partial charge is 0.347 e. The zero-order valence-corrected chi connectivity index (χ0v) is 13.5. The van der Waals surface area contributed by atoms with Crippen molar-refractivity contribution in [2.45, 2.75) is 38.6 Å². The zero-order valence-electron chi connectivity index (χ0n) is 12.7. The lowest BCUT2D eigenvalue weighted by Crippen LogP contribution is -2.28. The summed E-state index contributed by atoms with van der Waals surface area (Å²) >= 11 is 1.92. The van der Waals surface area contributed by atoms with Gasteiger partial charge < -0.3 is 15.1 Å². The van der Waals surface area contributed by atoms with Crippen molar-refractivity contribution in [1.29, 1.82) is 0 Å². The van der Waals surface area contributed by atoms with Crippen LogP contribution in [0.1, 0.15) is 42.7 Å². The van der Waals surface area contributed by atoms with E-state index in [1.807, 2.05) is 11.3 Å². The molecule has 0 radical (unpaired) electrons. The Balaban J connectivity index is 1.75. The second kappa shape index (κ2) is 6.41. The quantitative estimate of drug-likeness (QED) is 0.903. The van der Waals surface area contributed by atoms with E-state index in [1.165, 1.54) is 41.5 Å². The lowest BCUT2D eigenvalue weighted by molar-refractivity contribution is 0.360. The second-order valence-corrected chi connectivity index (χ2v) is 7.07. The summed E-state index contributed by atoms with van der Waals surface area (Å²) in [5.74, 6) is 0.753. The molecule has 0 atom stereocenters. The highest BCUT2D eigenvalue weighted by Gasteiger charge is 2.30. The fourth-order valence-corrected chi connectivity index (χ4v) is 3.93. The molecule has 1 N–H and O–H groups in total. The maximum absolute atomic E-state index is 5.00. The van der Waals surface area contributed by atoms with Gasteiger partial charge in [0.1, 0.15) is 0 Å². The fourth-order valence-electron chi connectivity index (χ4n) is 2.76. The van der Waals surface area contributed by atoms with E-state index in [9.17, 15) is 0 Å². The van der Waals surface area contributed by atoms with Crippen LogP contribution in [0.4, 0.5) is 5.13 Å². The normalized spacial score (nSPS) is 21.2. The van der Waals surface area contributed by atoms with E-state index in [0.29, 0.717) is 0 Å². The van der Waals surface area contributed by atoms with Gasteiger partial charge in [-0.05, 0) is 39.4 Å². The first kappa shape index (κ1) is 14.3. The van der Waals surface area contributed by atoms with Crippen LogP contribution in [0.5, 0.6) is 0 Å². The zero-order chi connectivity index (χ0) is 13.9. The molecule has 0 aromatic carbocycles. The first-order valence-electron chi connectivity index (χ1n) is 7.91. The maximum Gasteiger partial charge on any atom is 0.185 e. The molecular weight excluding hydrogens is 268 g/mol. The molecule has 3 rings (SSSR count). The van der Waals surface area contributed by atoms with Crippen LogP contribution >= 0.6 is 11.3 Å². The van der Waals surface area contributed by atoms with Crippen molar-refractivity contribution in [1.82, 2.24) is 15.2 Å². The molecule has 5 heteroatoms. The minimum absolute atomic E-state index is 0.753. The van der Waals surface area contributed by atoms with Gasteiger partial charge in [0.2, 0.25) is 0 Å². The Morgan fingerprint density at radius 3 is 2.85 bits per heavy atom. The molecule has 0 amide bonds. The lowest BCUT2D eigenvalue weighted by atomic mass is 10.2. The van der Waals surface area contributed by atoms with Gasteiger partial charge in [0, 0.05) is 37.0 Å². The second-order valence-electron chi connectivity index (χ2n) is 6.00. The van der Waals surface area contributed by atoms with Gasteiger partial charge in [-0.15, -0.1) is 11.3 Å². The van der Waals surface area contributed by atoms with Crippen molar-refractivity contribution in [2.24, 2.45) is 0 Å². The molecule has 0 unspecified atom stereocenters. The SMILES string of the molecule is CCNCc1sc(N2CCCN(C)CC2)nc1C1CC1. The van der Waals surface area contributed by atoms with Crippen molar-refractivity contribution in [2.75, 3.05) is 44.7 Å². The molecule has 1 aliphatic heterocycles. The Morgan fingerprint density at radius 2 is 2.10 bits per heavy atom. The number of anilines is 1. The third kappa shape index (κ3) is 3.32. The Bertz CT molecular complexity index is 441. The van der Waals surface area contributed by atoms with Gasteiger partial charge in [0.25, 0.3) is 0 Å². The molecule has 20 heavy (non-hydrogen) atoms. The van der Waals surface area contributed by atoms with Crippen LogP contribution in [0, 0.1) is 0 Å². The Kier molecular flexibility index (Phi) is 4.58. The van der Waals surface area contributed by atoms with E-state index in [1.54, 1.807) is 0 Å². The van der Waals surface area contributed by atoms with Crippen LogP contribution in [0.2, 0.25) is 0 Å². The van der Waals surface area contributed by atoms with E-state index >= 15 is 0 Å². The van der Waals surface area contributed by atoms with Crippen molar-refractivity contribution in [3.05, 3.63) is 10.6 Å². The first-order chi connectivity index (χ1) is 9.78. The number of likely N-dealkylation sites (N-methyl/N-ethyl adjacent to an activating group) is 1. The van der Waals surface area contributed by atoms with Crippen LogP contribution < -0.4 is 10.2 Å². The highest BCUT2D eigenvalue weighted by molar-refractivity contribution is 7.15. The number of rotatable bonds is 5. The summed E-state index contributed by atoms with van der Waals surface area (Å²) in [5, 5.41) is 4.73. The molecule has 0 spiro atoms. The van der Waals surface area contributed by atoms with Crippen LogP contribution in [0.3, 0.4) is 0 Å². The first-order valence-corrected chi connectivity index (χ1v) is 8.73. The molecule has 112 valence electrons. The van der Waals surface area contributed by atoms with E-state index in [4.69, 9.17) is 4.98 Å². The molecule has 1 aromatic heterocycles. The van der Waals surface area contributed by atoms with Crippen molar-refractivity contribution >= 4 is 16.5 Å². The summed E-state index contributed by atoms with van der Waals surface area (Å²) in [4.78, 5) is 11.4. The van der Waals surface area contributed by atoms with Gasteiger partial charge in [0.05, 0.1) is 5.69 Å². The van der Waals surface area contributed by atoms with E-state index in [2.05, 4.69) is 29.1 Å². The van der Waals surface area contributed by atoms with Crippen molar-refractivity contribution in [3.63, 3.8) is 0 Å². The molecule has 1 aliphatic carbocycles. The van der Waals surface area contributed by atoms with Crippen molar-refractivity contribution < 1.29 is 0 Å². The highest BCUT2D eigenvalue weighted by atomic mass is 32.1. The number of thiazole rings is 1. The predicted molar refractivity (Wildman–Crippen MR) is 85.8 cm³/mol. The van der Waals surface area contributed by atoms with Crippen LogP contribution in [0.25, 0.3) is 0 Å². The minimum atomic E-state index is 0.753. The summed E-state index contributed by atoms with van der Waals surface area (Å²) in [5.41, 5.74) is 1.39. The fraction of sp³-hybridized carbons (Fsp3) is 0.800. The minimum Gasteiger partial charge on any atom is -0.347 e. The van der Waals surface area contributed by atoms with E-state index < -0.39 is 0 Å². The van der Waals surface area contributed by atoms with Gasteiger partial charge in [-0.3, -0.25) is 0 Å². The molecular formula is C15H26N4S. The van der Waals surface area contributed by atoms with Gasteiger partial charge in [-0.2, -0.15) is 0 Å². The molecule has 1 saturated carbocycles. The standard InChI is InChI=1S/C15H26N4S/c1-3-16-11-13-14(12-5-6-12)17-15(20-13)19-8-4-7-18(2)9-10-19/h12,16H,3-11H2,1-2H3. The lowest BCUT2D eigenvalue weighted by Gasteiger charge is -2.19. The topological polar surface area (TPSA) is 31.4 Å². The van der Waals surface area contributed by atoms with E-state index in [-0.39, 0.29) is 0 Å². The number of hydrogen-bond acceptors (Lipinski definition) is 5. The average molecular weight is 294 g/mol. The number of aromatic nitrogens is 1. The highest BCUT2D eigenvalue weighted by Crippen LogP contribution is 2.44. The van der Waals surface area contributed by atoms with Gasteiger partial charge in [-0.1, -0.05) is 6.92 Å². The summed E-state index contributed by atoms with van der Waals surface area (Å²) in [6.45, 7) is 8.84. The van der Waals surface area contributed by atoms with Gasteiger partial charge in [-0.25, -0.2) is 4.98 Å². The Hall–Kier alpha value is -0.650. The predicted octanol–water partition coefficient (Wildman–Crippen LogP) is 2.27. The summed E-state index contributed by atoms with van der Waals surface area (Å²) in [6.07, 6.45) is 3.92. The summed E-state index contributed by atoms with van der Waals surface area (Å²) in [6, 6.07) is 0. The number of nitrogens with zero attached hydrogens (tertiary/aromatic N) is 3. The molecule has 2 heterocycles. The average Bonchev–Trinajstić information content (AvgIpc) is 3.23. The molecule has 0 bridgehead atoms. The third-order valence-electron chi connectivity index (χ3n) is 4.21. The molecule has 1 saturated heterocycles. The Morgan fingerprint density at radius 1 is 1.25 bits per heavy atom. The maximum atomic E-state index is 5.00. The summed E-state index contributed by atoms with van der Waals surface area (Å²) in [7, 11) is 2.22. The van der Waals surface area contributed by atoms with Crippen LogP contribution in [0.15, 0.2) is 0 Å². The van der Waals surface area contributed by atoms with E-state index in [0.717, 1.165) is 38.6 Å². The molecule has 1 aromatic rings. The van der Waals surface area contributed by atoms with Crippen LogP contribution in [-0.2, 0) is 6.54 Å². The van der Waals surface area contributed by atoms with Crippen LogP contribution in [-0.4, -0.2) is 49.7 Å². The smallest absolute Gasteiger partial charge is 0.185 e. The third-order valence-corrected chi connectivity index (χ3v) is 5.34. The number of nitrogens with one attached hydrogen (secondary N) is 1. The number of hydrogen-bond donors (Lipinski definition) is 1. The Labute approximate surface area is 126 Å². The monoisotopic (exact) mass is 294 g/mol. The van der Waals surface area contributed by atoms with Gasteiger partial charge in [0.15, 0.2) is 5.13 Å². The van der Waals surface area contributed by atoms with Gasteiger partial charge >= 0.3 is 0 Å². The summed E-state index contributed by atoms with van der Waals surface area (Å²) < 4.78 is 0. The molecule has 2 fully saturated rings. The van der Waals surface area contributed by atoms with Crippen molar-refractivity contribution in [3.8, 4) is 0 Å².